The van der Waals surface area contributed by atoms with Crippen molar-refractivity contribution in [2.75, 3.05) is 11.5 Å². The normalized spacial score (nSPS) is 25.8. The number of rotatable bonds is 4. The van der Waals surface area contributed by atoms with E-state index in [4.69, 9.17) is 5.73 Å². The van der Waals surface area contributed by atoms with Crippen LogP contribution in [0.15, 0.2) is 41.7 Å². The third kappa shape index (κ3) is 3.06. The lowest BCUT2D eigenvalue weighted by molar-refractivity contribution is 0.0190. The Balaban J connectivity index is 1.52. The smallest absolute Gasteiger partial charge is 0.151 e. The van der Waals surface area contributed by atoms with Gasteiger partial charge in [-0.15, -0.1) is 11.8 Å². The fourth-order valence-electron chi connectivity index (χ4n) is 3.70. The Morgan fingerprint density at radius 3 is 2.73 bits per heavy atom. The van der Waals surface area contributed by atoms with Crippen molar-refractivity contribution in [3.8, 4) is 0 Å². The monoisotopic (exact) mass is 370 g/mol. The minimum absolute atomic E-state index is 0.0189. The molecule has 0 saturated heterocycles. The zero-order chi connectivity index (χ0) is 18.3. The molecule has 1 saturated carbocycles. The fraction of sp³-hybridized carbons (Fsp3) is 0.368. The van der Waals surface area contributed by atoms with E-state index in [1.54, 1.807) is 11.8 Å². The third-order valence-electron chi connectivity index (χ3n) is 5.21. The summed E-state index contributed by atoms with van der Waals surface area (Å²) in [4.78, 5) is 12.6. The van der Waals surface area contributed by atoms with Crippen LogP contribution in [0.3, 0.4) is 0 Å². The van der Waals surface area contributed by atoms with Gasteiger partial charge in [-0.2, -0.15) is 0 Å². The van der Waals surface area contributed by atoms with Crippen molar-refractivity contribution >= 4 is 28.6 Å². The molecule has 2 aromatic heterocycles. The minimum Gasteiger partial charge on any atom is -0.390 e. The van der Waals surface area contributed by atoms with Crippen LogP contribution in [0, 0.1) is 12.8 Å². The highest BCUT2D eigenvalue weighted by atomic mass is 32.2. The molecule has 1 aliphatic rings. The first kappa shape index (κ1) is 17.3. The summed E-state index contributed by atoms with van der Waals surface area (Å²) in [6.07, 6.45) is 2.40. The number of hydrogen-bond acceptors (Lipinski definition) is 6. The minimum atomic E-state index is -0.811. The van der Waals surface area contributed by atoms with E-state index >= 15 is 0 Å². The van der Waals surface area contributed by atoms with E-state index in [0.29, 0.717) is 17.8 Å². The molecular weight excluding hydrogens is 348 g/mol. The van der Waals surface area contributed by atoms with Crippen LogP contribution in [0.25, 0.3) is 11.0 Å². The second-order valence-electron chi connectivity index (χ2n) is 6.93. The van der Waals surface area contributed by atoms with Crippen molar-refractivity contribution in [2.45, 2.75) is 36.4 Å². The lowest BCUT2D eigenvalue weighted by Gasteiger charge is -2.16. The van der Waals surface area contributed by atoms with Crippen molar-refractivity contribution in [3.05, 3.63) is 47.9 Å². The largest absolute Gasteiger partial charge is 0.390 e. The number of aromatic amines is 1. The number of H-pyrrole nitrogens is 1. The zero-order valence-corrected chi connectivity index (χ0v) is 15.3. The molecule has 7 heteroatoms. The summed E-state index contributed by atoms with van der Waals surface area (Å²) in [5, 5.41) is 21.2. The maximum Gasteiger partial charge on any atom is 0.151 e. The van der Waals surface area contributed by atoms with E-state index in [1.807, 2.05) is 6.20 Å². The number of fused-ring (bicyclic) bond motifs is 1. The molecule has 6 nitrogen and oxygen atoms in total. The van der Waals surface area contributed by atoms with Gasteiger partial charge in [0, 0.05) is 28.3 Å². The van der Waals surface area contributed by atoms with Gasteiger partial charge in [-0.1, -0.05) is 17.7 Å². The van der Waals surface area contributed by atoms with E-state index in [1.165, 1.54) is 16.8 Å². The van der Waals surface area contributed by atoms with Gasteiger partial charge >= 0.3 is 0 Å². The van der Waals surface area contributed by atoms with Crippen LogP contribution < -0.4 is 5.73 Å². The van der Waals surface area contributed by atoms with Crippen LogP contribution in [0.2, 0.25) is 0 Å². The Bertz CT molecular complexity index is 912. The Morgan fingerprint density at radius 1 is 1.19 bits per heavy atom. The quantitative estimate of drug-likeness (QED) is 0.526. The van der Waals surface area contributed by atoms with Gasteiger partial charge in [0.2, 0.25) is 0 Å². The first-order valence-corrected chi connectivity index (χ1v) is 9.66. The van der Waals surface area contributed by atoms with Gasteiger partial charge in [0.25, 0.3) is 0 Å². The second-order valence-corrected chi connectivity index (χ2v) is 8.03. The van der Waals surface area contributed by atoms with E-state index in [2.05, 4.69) is 46.1 Å². The molecule has 3 aromatic rings. The number of benzene rings is 1. The van der Waals surface area contributed by atoms with Gasteiger partial charge in [-0.05, 0) is 31.4 Å². The highest BCUT2D eigenvalue weighted by Gasteiger charge is 2.43. The maximum atomic E-state index is 10.6. The number of aryl methyl sites for hydroxylation is 1. The van der Waals surface area contributed by atoms with Gasteiger partial charge in [-0.25, -0.2) is 9.97 Å². The summed E-state index contributed by atoms with van der Waals surface area (Å²) in [7, 11) is 0. The van der Waals surface area contributed by atoms with Crippen molar-refractivity contribution < 1.29 is 10.2 Å². The van der Waals surface area contributed by atoms with Crippen molar-refractivity contribution in [1.29, 1.82) is 0 Å². The molecule has 1 aromatic carbocycles. The molecule has 136 valence electrons. The molecule has 1 aliphatic carbocycles. The first-order chi connectivity index (χ1) is 12.5. The van der Waals surface area contributed by atoms with E-state index in [-0.39, 0.29) is 11.8 Å². The van der Waals surface area contributed by atoms with E-state index < -0.39 is 12.2 Å². The van der Waals surface area contributed by atoms with Crippen LogP contribution in [-0.2, 0) is 0 Å². The predicted molar refractivity (Wildman–Crippen MR) is 103 cm³/mol. The molecule has 4 rings (SSSR count). The van der Waals surface area contributed by atoms with Gasteiger partial charge in [-0.3, -0.25) is 0 Å². The SMILES string of the molecule is Cc1ccc(SCC2CC(c3c[nH]c4c(N)ncnc34)C(O)C2O)cc1. The number of anilines is 1. The first-order valence-electron chi connectivity index (χ1n) is 8.67. The summed E-state index contributed by atoms with van der Waals surface area (Å²) in [5.74, 6) is 1.000. The fourth-order valence-corrected chi connectivity index (χ4v) is 4.77. The van der Waals surface area contributed by atoms with Gasteiger partial charge in [0.05, 0.1) is 17.7 Å². The van der Waals surface area contributed by atoms with E-state index in [9.17, 15) is 10.2 Å². The molecule has 0 radical (unpaired) electrons. The van der Waals surface area contributed by atoms with Crippen LogP contribution in [0.1, 0.15) is 23.5 Å². The molecule has 2 heterocycles. The number of thioether (sulfide) groups is 1. The molecule has 0 spiro atoms. The summed E-state index contributed by atoms with van der Waals surface area (Å²) in [6.45, 7) is 2.06. The average molecular weight is 370 g/mol. The lowest BCUT2D eigenvalue weighted by atomic mass is 9.96. The van der Waals surface area contributed by atoms with Crippen LogP contribution in [-0.4, -0.2) is 43.1 Å². The molecule has 0 bridgehead atoms. The second kappa shape index (κ2) is 6.90. The highest BCUT2D eigenvalue weighted by molar-refractivity contribution is 7.99. The number of aromatic nitrogens is 3. The van der Waals surface area contributed by atoms with Crippen LogP contribution >= 0.6 is 11.8 Å². The molecule has 1 fully saturated rings. The van der Waals surface area contributed by atoms with Gasteiger partial charge in [0.1, 0.15) is 11.8 Å². The van der Waals surface area contributed by atoms with Gasteiger partial charge < -0.3 is 20.9 Å². The standard InChI is InChI=1S/C19H22N4O2S/c1-10-2-4-12(5-3-10)26-8-11-6-13(18(25)17(11)24)14-7-21-16-15(14)22-9-23-19(16)20/h2-5,7,9,11,13,17-18,21,24-25H,6,8H2,1H3,(H2,20,22,23). The molecule has 4 unspecified atom stereocenters. The Labute approximate surface area is 155 Å². The average Bonchev–Trinajstić information content (AvgIpc) is 3.18. The molecule has 0 aliphatic heterocycles. The summed E-state index contributed by atoms with van der Waals surface area (Å²) >= 11 is 1.71. The number of nitrogens with one attached hydrogen (secondary N) is 1. The number of nitrogens with two attached hydrogens (primary N) is 1. The Hall–Kier alpha value is -2.09. The van der Waals surface area contributed by atoms with Crippen molar-refractivity contribution in [3.63, 3.8) is 0 Å². The molecule has 0 amide bonds. The summed E-state index contributed by atoms with van der Waals surface area (Å²) < 4.78 is 0. The van der Waals surface area contributed by atoms with Crippen LogP contribution in [0.4, 0.5) is 5.82 Å². The number of hydrogen-bond donors (Lipinski definition) is 4. The molecule has 26 heavy (non-hydrogen) atoms. The zero-order valence-electron chi connectivity index (χ0n) is 14.5. The van der Waals surface area contributed by atoms with Crippen molar-refractivity contribution in [1.82, 2.24) is 15.0 Å². The number of aliphatic hydroxyl groups is 2. The number of aliphatic hydroxyl groups excluding tert-OH is 2. The van der Waals surface area contributed by atoms with Crippen LogP contribution in [0.5, 0.6) is 0 Å². The lowest BCUT2D eigenvalue weighted by Crippen LogP contribution is -2.28. The predicted octanol–water partition coefficient (Wildman–Crippen LogP) is 2.47. The molecule has 5 N–H and O–H groups in total. The number of nitrogens with zero attached hydrogens (tertiary/aromatic N) is 2. The topological polar surface area (TPSA) is 108 Å². The summed E-state index contributed by atoms with van der Waals surface area (Å²) in [6, 6.07) is 8.35. The number of nitrogen functional groups attached to an aromatic ring is 1. The van der Waals surface area contributed by atoms with E-state index in [0.717, 1.165) is 16.8 Å². The van der Waals surface area contributed by atoms with Gasteiger partial charge in [0.15, 0.2) is 5.82 Å². The summed E-state index contributed by atoms with van der Waals surface area (Å²) in [5.41, 5.74) is 9.41. The Morgan fingerprint density at radius 2 is 1.96 bits per heavy atom. The van der Waals surface area contributed by atoms with Crippen molar-refractivity contribution in [2.24, 2.45) is 5.92 Å². The third-order valence-corrected chi connectivity index (χ3v) is 6.41. The maximum absolute atomic E-state index is 10.6. The molecular formula is C19H22N4O2S. The highest BCUT2D eigenvalue weighted by Crippen LogP contribution is 2.43. The molecule has 4 atom stereocenters. The Kier molecular flexibility index (Phi) is 4.60.